The van der Waals surface area contributed by atoms with Crippen LogP contribution in [0.1, 0.15) is 54.7 Å². The third kappa shape index (κ3) is 9.17. The predicted molar refractivity (Wildman–Crippen MR) is 154 cm³/mol. The summed E-state index contributed by atoms with van der Waals surface area (Å²) in [6.45, 7) is 1.45. The van der Waals surface area contributed by atoms with Gasteiger partial charge in [0.25, 0.3) is 0 Å². The predicted octanol–water partition coefficient (Wildman–Crippen LogP) is 5.36. The van der Waals surface area contributed by atoms with E-state index < -0.39 is 18.1 Å². The summed E-state index contributed by atoms with van der Waals surface area (Å²) in [5.41, 5.74) is 6.18. The molecule has 0 unspecified atom stereocenters. The molecule has 8 heteroatoms. The van der Waals surface area contributed by atoms with Crippen LogP contribution in [-0.4, -0.2) is 70.5 Å². The molecular weight excluding hydrogens is 507 g/mol. The van der Waals surface area contributed by atoms with E-state index in [-0.39, 0.29) is 13.2 Å². The third-order valence-corrected chi connectivity index (χ3v) is 7.59. The summed E-state index contributed by atoms with van der Waals surface area (Å²) < 4.78 is 19.5. The van der Waals surface area contributed by atoms with Crippen LogP contribution in [0.4, 0.5) is 4.39 Å². The van der Waals surface area contributed by atoms with Gasteiger partial charge in [0.15, 0.2) is 0 Å². The Balaban J connectivity index is 1.32. The Labute approximate surface area is 236 Å². The van der Waals surface area contributed by atoms with Crippen molar-refractivity contribution in [3.05, 3.63) is 77.5 Å². The Kier molecular flexibility index (Phi) is 11.5. The molecular formula is C32H41FN4O3. The van der Waals surface area contributed by atoms with Crippen molar-refractivity contribution in [2.24, 2.45) is 5.92 Å². The van der Waals surface area contributed by atoms with Gasteiger partial charge in [0.05, 0.1) is 18.2 Å². The molecule has 0 spiro atoms. The molecule has 0 aliphatic heterocycles. The van der Waals surface area contributed by atoms with E-state index >= 15 is 0 Å². The summed E-state index contributed by atoms with van der Waals surface area (Å²) >= 11 is 0. The number of benzene rings is 1. The third-order valence-electron chi connectivity index (χ3n) is 7.59. The van der Waals surface area contributed by atoms with Gasteiger partial charge in [-0.2, -0.15) is 0 Å². The normalized spacial score (nSPS) is 14.6. The van der Waals surface area contributed by atoms with Gasteiger partial charge < -0.3 is 14.7 Å². The Morgan fingerprint density at radius 2 is 1.88 bits per heavy atom. The maximum atomic E-state index is 14.5. The Morgan fingerprint density at radius 3 is 2.67 bits per heavy atom. The Morgan fingerprint density at radius 1 is 1.05 bits per heavy atom. The van der Waals surface area contributed by atoms with Gasteiger partial charge in [-0.1, -0.05) is 36.4 Å². The Bertz CT molecular complexity index is 1210. The lowest BCUT2D eigenvalue weighted by atomic mass is 9.95. The fourth-order valence-electron chi connectivity index (χ4n) is 5.40. The van der Waals surface area contributed by atoms with Gasteiger partial charge in [0, 0.05) is 42.7 Å². The van der Waals surface area contributed by atoms with E-state index in [4.69, 9.17) is 9.72 Å². The van der Waals surface area contributed by atoms with E-state index in [0.29, 0.717) is 31.6 Å². The highest BCUT2D eigenvalue weighted by Crippen LogP contribution is 2.21. The first-order chi connectivity index (χ1) is 19.5. The lowest BCUT2D eigenvalue weighted by Gasteiger charge is -2.25. The first-order valence-corrected chi connectivity index (χ1v) is 14.4. The van der Waals surface area contributed by atoms with Crippen molar-refractivity contribution < 1.29 is 19.0 Å². The number of rotatable bonds is 16. The van der Waals surface area contributed by atoms with Crippen molar-refractivity contribution in [3.63, 3.8) is 0 Å². The van der Waals surface area contributed by atoms with E-state index in [1.165, 1.54) is 37.5 Å². The first-order valence-electron chi connectivity index (χ1n) is 14.4. The van der Waals surface area contributed by atoms with Crippen LogP contribution in [0.2, 0.25) is 0 Å². The highest BCUT2D eigenvalue weighted by atomic mass is 19.1. The van der Waals surface area contributed by atoms with E-state index in [0.717, 1.165) is 49.1 Å². The largest absolute Gasteiger partial charge is 0.481 e. The molecule has 0 radical (unpaired) electrons. The van der Waals surface area contributed by atoms with Gasteiger partial charge in [-0.15, -0.1) is 0 Å². The van der Waals surface area contributed by atoms with Crippen LogP contribution < -0.4 is 0 Å². The van der Waals surface area contributed by atoms with Crippen molar-refractivity contribution in [3.8, 4) is 11.3 Å². The van der Waals surface area contributed by atoms with Gasteiger partial charge in [-0.3, -0.25) is 9.78 Å². The summed E-state index contributed by atoms with van der Waals surface area (Å²) in [6, 6.07) is 16.0. The zero-order valence-corrected chi connectivity index (χ0v) is 23.5. The smallest absolute Gasteiger partial charge is 0.306 e. The fourth-order valence-corrected chi connectivity index (χ4v) is 5.40. The minimum atomic E-state index is -1.12. The number of aliphatic carboxylic acids is 1. The number of halogens is 1. The molecule has 2 aromatic heterocycles. The molecule has 3 aromatic rings. The van der Waals surface area contributed by atoms with Gasteiger partial charge >= 0.3 is 5.97 Å². The van der Waals surface area contributed by atoms with E-state index in [1.807, 2.05) is 41.3 Å². The number of pyridine rings is 1. The van der Waals surface area contributed by atoms with E-state index in [2.05, 4.69) is 22.1 Å². The van der Waals surface area contributed by atoms with Crippen molar-refractivity contribution in [2.45, 2.75) is 64.0 Å². The molecule has 1 aromatic carbocycles. The average Bonchev–Trinajstić information content (AvgIpc) is 2.97. The summed E-state index contributed by atoms with van der Waals surface area (Å²) in [4.78, 5) is 27.7. The number of unbranched alkanes of at least 4 members (excludes halogenated alkanes) is 1. The van der Waals surface area contributed by atoms with E-state index in [9.17, 15) is 14.3 Å². The highest BCUT2D eigenvalue weighted by molar-refractivity contribution is 5.70. The van der Waals surface area contributed by atoms with Crippen molar-refractivity contribution >= 4 is 5.97 Å². The Hall–Kier alpha value is -3.23. The van der Waals surface area contributed by atoms with Crippen molar-refractivity contribution in [1.29, 1.82) is 0 Å². The van der Waals surface area contributed by atoms with Crippen LogP contribution in [0.15, 0.2) is 54.9 Å². The monoisotopic (exact) mass is 548 g/mol. The molecule has 1 aliphatic rings. The van der Waals surface area contributed by atoms with E-state index in [1.54, 1.807) is 0 Å². The molecule has 4 rings (SSSR count). The van der Waals surface area contributed by atoms with Crippen LogP contribution in [0.25, 0.3) is 11.3 Å². The molecule has 0 bridgehead atoms. The number of hydrogen-bond acceptors (Lipinski definition) is 6. The zero-order chi connectivity index (χ0) is 28.2. The summed E-state index contributed by atoms with van der Waals surface area (Å²) in [7, 11) is 1.49. The topological polar surface area (TPSA) is 88.4 Å². The number of methoxy groups -OCH3 is 1. The van der Waals surface area contributed by atoms with Crippen molar-refractivity contribution in [2.75, 3.05) is 33.4 Å². The zero-order valence-electron chi connectivity index (χ0n) is 23.5. The second kappa shape index (κ2) is 15.5. The van der Waals surface area contributed by atoms with Crippen molar-refractivity contribution in [1.82, 2.24) is 19.9 Å². The highest BCUT2D eigenvalue weighted by Gasteiger charge is 2.22. The molecule has 0 fully saturated rings. The number of nitrogens with zero attached hydrogens (tertiary/aromatic N) is 4. The molecule has 2 heterocycles. The SMILES string of the molecule is COC[C@@H](F)CN(CCCCc1ccc2c(n1)CCCC2)CC[C@H](Cc1cc(-c2ccccc2)ncn1)C(=O)O. The summed E-state index contributed by atoms with van der Waals surface area (Å²) in [6.07, 6.45) is 8.48. The molecule has 0 saturated heterocycles. The second-order valence-corrected chi connectivity index (χ2v) is 10.7. The molecule has 1 aliphatic carbocycles. The lowest BCUT2D eigenvalue weighted by molar-refractivity contribution is -0.142. The number of fused-ring (bicyclic) bond motifs is 1. The molecule has 7 nitrogen and oxygen atoms in total. The second-order valence-electron chi connectivity index (χ2n) is 10.7. The molecule has 0 saturated carbocycles. The lowest BCUT2D eigenvalue weighted by Crippen LogP contribution is -2.36. The van der Waals surface area contributed by atoms with Crippen LogP contribution in [0.5, 0.6) is 0 Å². The van der Waals surface area contributed by atoms with Gasteiger partial charge in [-0.25, -0.2) is 14.4 Å². The van der Waals surface area contributed by atoms with Crippen LogP contribution >= 0.6 is 0 Å². The summed E-state index contributed by atoms with van der Waals surface area (Å²) in [5, 5.41) is 9.96. The number of hydrogen-bond donors (Lipinski definition) is 1. The van der Waals surface area contributed by atoms with Crippen LogP contribution in [0, 0.1) is 5.92 Å². The first kappa shape index (κ1) is 29.7. The summed E-state index contributed by atoms with van der Waals surface area (Å²) in [5.74, 6) is -1.49. The number of carbonyl (C=O) groups is 1. The molecule has 1 N–H and O–H groups in total. The quantitative estimate of drug-likeness (QED) is 0.241. The minimum Gasteiger partial charge on any atom is -0.481 e. The maximum absolute atomic E-state index is 14.5. The molecule has 214 valence electrons. The van der Waals surface area contributed by atoms with Crippen LogP contribution in [0.3, 0.4) is 0 Å². The molecule has 40 heavy (non-hydrogen) atoms. The number of carboxylic acids is 1. The number of alkyl halides is 1. The van der Waals surface area contributed by atoms with Crippen LogP contribution in [-0.2, 0) is 35.2 Å². The number of carboxylic acid groups (broad SMARTS) is 1. The molecule has 0 amide bonds. The number of ether oxygens (including phenoxy) is 1. The maximum Gasteiger partial charge on any atom is 0.306 e. The number of aromatic nitrogens is 3. The van der Waals surface area contributed by atoms with Gasteiger partial charge in [0.2, 0.25) is 0 Å². The minimum absolute atomic E-state index is 0.0289. The standard InChI is InChI=1S/C32H41FN4O3/c1-40-22-27(33)21-37(17-8-7-12-28-15-14-25-11-5-6-13-30(25)36-28)18-16-26(32(38)39)19-29-20-31(35-23-34-29)24-9-3-2-4-10-24/h2-4,9-10,14-15,20,23,26-27H,5-8,11-13,16-19,21-22H2,1H3,(H,38,39)/t26-,27+/m1/s1. The average molecular weight is 549 g/mol. The molecule has 2 atom stereocenters. The number of aryl methyl sites for hydroxylation is 3. The van der Waals surface area contributed by atoms with Gasteiger partial charge in [-0.05, 0) is 82.2 Å². The van der Waals surface area contributed by atoms with Gasteiger partial charge in [0.1, 0.15) is 12.5 Å². The fraction of sp³-hybridized carbons (Fsp3) is 0.500.